The van der Waals surface area contributed by atoms with Gasteiger partial charge in [-0.3, -0.25) is 4.79 Å². The van der Waals surface area contributed by atoms with Crippen LogP contribution in [0.25, 0.3) is 0 Å². The third kappa shape index (κ3) is 2.76. The van der Waals surface area contributed by atoms with Gasteiger partial charge in [0.2, 0.25) is 5.91 Å². The van der Waals surface area contributed by atoms with Gasteiger partial charge in [-0.1, -0.05) is 34.1 Å². The smallest absolute Gasteiger partial charge is 0.247 e. The van der Waals surface area contributed by atoms with Crippen molar-refractivity contribution >= 4 is 33.2 Å². The highest BCUT2D eigenvalue weighted by molar-refractivity contribution is 9.10. The quantitative estimate of drug-likeness (QED) is 0.865. The molecule has 1 amide bonds. The molecule has 0 saturated carbocycles. The summed E-state index contributed by atoms with van der Waals surface area (Å²) in [4.78, 5) is 12.2. The second-order valence-corrected chi connectivity index (χ2v) is 5.71. The van der Waals surface area contributed by atoms with Crippen molar-refractivity contribution < 1.29 is 13.6 Å². The fourth-order valence-electron chi connectivity index (χ4n) is 2.33. The average Bonchev–Trinajstić information content (AvgIpc) is 2.86. The largest absolute Gasteiger partial charge is 0.373 e. The Labute approximate surface area is 128 Å². The van der Waals surface area contributed by atoms with Crippen molar-refractivity contribution in [2.24, 2.45) is 0 Å². The summed E-state index contributed by atoms with van der Waals surface area (Å²) in [5.41, 5.74) is 1.45. The number of halogens is 3. The van der Waals surface area contributed by atoms with Gasteiger partial charge in [-0.2, -0.15) is 0 Å². The van der Waals surface area contributed by atoms with Gasteiger partial charge in [0.25, 0.3) is 0 Å². The molecule has 0 spiro atoms. The normalized spacial score (nSPS) is 16.2. The number of fused-ring (bicyclic) bond motifs is 1. The van der Waals surface area contributed by atoms with Crippen LogP contribution in [0.4, 0.5) is 20.2 Å². The van der Waals surface area contributed by atoms with E-state index in [-0.39, 0.29) is 4.47 Å². The minimum absolute atomic E-state index is 0.280. The van der Waals surface area contributed by atoms with Crippen LogP contribution >= 0.6 is 15.9 Å². The zero-order chi connectivity index (χ0) is 15.0. The lowest BCUT2D eigenvalue weighted by Gasteiger charge is -2.13. The Morgan fingerprint density at radius 2 is 1.90 bits per heavy atom. The molecule has 3 rings (SSSR count). The van der Waals surface area contributed by atoms with Crippen LogP contribution in [0.3, 0.4) is 0 Å². The topological polar surface area (TPSA) is 41.1 Å². The summed E-state index contributed by atoms with van der Waals surface area (Å²) < 4.78 is 27.7. The van der Waals surface area contributed by atoms with Crippen LogP contribution in [0, 0.1) is 11.6 Å². The monoisotopic (exact) mass is 352 g/mol. The van der Waals surface area contributed by atoms with Crippen molar-refractivity contribution in [3.05, 3.63) is 58.1 Å². The number of amides is 1. The first-order chi connectivity index (χ1) is 10.0. The highest BCUT2D eigenvalue weighted by Crippen LogP contribution is 2.27. The molecule has 1 aliphatic heterocycles. The van der Waals surface area contributed by atoms with Gasteiger partial charge in [-0.25, -0.2) is 8.78 Å². The molecule has 3 nitrogen and oxygen atoms in total. The number of hydrogen-bond donors (Lipinski definition) is 2. The second-order valence-electron chi connectivity index (χ2n) is 4.79. The first kappa shape index (κ1) is 14.0. The Bertz CT molecular complexity index is 673. The van der Waals surface area contributed by atoms with Gasteiger partial charge < -0.3 is 10.6 Å². The van der Waals surface area contributed by atoms with Crippen molar-refractivity contribution in [3.63, 3.8) is 0 Å². The van der Waals surface area contributed by atoms with Gasteiger partial charge in [-0.15, -0.1) is 0 Å². The fraction of sp³-hybridized carbons (Fsp3) is 0.133. The van der Waals surface area contributed by atoms with Crippen molar-refractivity contribution in [3.8, 4) is 0 Å². The Morgan fingerprint density at radius 3 is 2.57 bits per heavy atom. The van der Waals surface area contributed by atoms with Gasteiger partial charge in [0, 0.05) is 16.6 Å². The van der Waals surface area contributed by atoms with E-state index in [0.717, 1.165) is 23.4 Å². The van der Waals surface area contributed by atoms with E-state index < -0.39 is 29.3 Å². The van der Waals surface area contributed by atoms with Crippen LogP contribution in [0.15, 0.2) is 40.9 Å². The van der Waals surface area contributed by atoms with Gasteiger partial charge in [0.1, 0.15) is 11.7 Å². The van der Waals surface area contributed by atoms with E-state index in [1.165, 1.54) is 0 Å². The molecule has 1 heterocycles. The first-order valence-corrected chi connectivity index (χ1v) is 7.14. The molecule has 2 N–H and O–H groups in total. The molecule has 0 radical (unpaired) electrons. The number of nitrogens with one attached hydrogen (secondary N) is 2. The molecular formula is C15H11BrF2N2O. The maximum Gasteiger partial charge on any atom is 0.247 e. The molecule has 1 aliphatic rings. The minimum atomic E-state index is -0.814. The van der Waals surface area contributed by atoms with E-state index in [2.05, 4.69) is 26.6 Å². The summed E-state index contributed by atoms with van der Waals surface area (Å²) in [6, 6.07) is 9.20. The highest BCUT2D eigenvalue weighted by atomic mass is 79.9. The standard InChI is InChI=1S/C15H11BrF2N2O/c16-9-6-10(17)14(11(18)7-9)20-15(21)13-5-8-3-1-2-4-12(8)19-13/h1-4,6-7,13,19H,5H2,(H,20,21)/t13-/m0/s1. The van der Waals surface area contributed by atoms with E-state index >= 15 is 0 Å². The number of para-hydroxylation sites is 1. The van der Waals surface area contributed by atoms with Crippen LogP contribution in [0.5, 0.6) is 0 Å². The molecule has 6 heteroatoms. The molecule has 0 unspecified atom stereocenters. The summed E-state index contributed by atoms with van der Waals surface area (Å²) in [5, 5.41) is 5.35. The zero-order valence-electron chi connectivity index (χ0n) is 10.8. The molecule has 0 aromatic heterocycles. The molecule has 2 aromatic carbocycles. The lowest BCUT2D eigenvalue weighted by molar-refractivity contribution is -0.116. The number of carbonyl (C=O) groups excluding carboxylic acids is 1. The van der Waals surface area contributed by atoms with Crippen molar-refractivity contribution in [1.82, 2.24) is 0 Å². The van der Waals surface area contributed by atoms with Gasteiger partial charge in [0.05, 0.1) is 0 Å². The van der Waals surface area contributed by atoms with Crippen molar-refractivity contribution in [2.75, 3.05) is 10.6 Å². The lowest BCUT2D eigenvalue weighted by atomic mass is 10.1. The fourth-order valence-corrected chi connectivity index (χ4v) is 2.73. The van der Waals surface area contributed by atoms with E-state index in [4.69, 9.17) is 0 Å². The molecule has 0 saturated heterocycles. The number of rotatable bonds is 2. The van der Waals surface area contributed by atoms with Crippen LogP contribution in [-0.2, 0) is 11.2 Å². The molecular weight excluding hydrogens is 342 g/mol. The maximum atomic E-state index is 13.7. The van der Waals surface area contributed by atoms with E-state index in [0.29, 0.717) is 6.42 Å². The maximum absolute atomic E-state index is 13.7. The lowest BCUT2D eigenvalue weighted by Crippen LogP contribution is -2.33. The van der Waals surface area contributed by atoms with Crippen molar-refractivity contribution in [2.45, 2.75) is 12.5 Å². The predicted octanol–water partition coefficient (Wildman–Crippen LogP) is 3.70. The molecule has 0 aliphatic carbocycles. The van der Waals surface area contributed by atoms with Gasteiger partial charge in [0.15, 0.2) is 11.6 Å². The second kappa shape index (κ2) is 5.44. The van der Waals surface area contributed by atoms with Crippen molar-refractivity contribution in [1.29, 1.82) is 0 Å². The zero-order valence-corrected chi connectivity index (χ0v) is 12.4. The summed E-state index contributed by atoms with van der Waals surface area (Å²) in [5.74, 6) is -2.09. The molecule has 0 bridgehead atoms. The number of benzene rings is 2. The highest BCUT2D eigenvalue weighted by Gasteiger charge is 2.27. The third-order valence-electron chi connectivity index (χ3n) is 3.34. The van der Waals surface area contributed by atoms with Crippen LogP contribution in [-0.4, -0.2) is 11.9 Å². The number of hydrogen-bond acceptors (Lipinski definition) is 2. The molecule has 108 valence electrons. The molecule has 2 aromatic rings. The van der Waals surface area contributed by atoms with Gasteiger partial charge in [-0.05, 0) is 23.8 Å². The average molecular weight is 353 g/mol. The Balaban J connectivity index is 1.77. The van der Waals surface area contributed by atoms with Crippen LogP contribution in [0.1, 0.15) is 5.56 Å². The summed E-state index contributed by atoms with van der Waals surface area (Å²) >= 11 is 2.99. The minimum Gasteiger partial charge on any atom is -0.373 e. The number of carbonyl (C=O) groups is 1. The van der Waals surface area contributed by atoms with Crippen LogP contribution in [0.2, 0.25) is 0 Å². The van der Waals surface area contributed by atoms with E-state index in [1.54, 1.807) is 0 Å². The summed E-state index contributed by atoms with van der Waals surface area (Å²) in [6.45, 7) is 0. The molecule has 21 heavy (non-hydrogen) atoms. The Kier molecular flexibility index (Phi) is 3.63. The van der Waals surface area contributed by atoms with Crippen LogP contribution < -0.4 is 10.6 Å². The number of anilines is 2. The molecule has 1 atom stereocenters. The third-order valence-corrected chi connectivity index (χ3v) is 3.80. The summed E-state index contributed by atoms with van der Waals surface area (Å²) in [6.07, 6.45) is 0.488. The Hall–Kier alpha value is -1.95. The molecule has 0 fully saturated rings. The van der Waals surface area contributed by atoms with E-state index in [9.17, 15) is 13.6 Å². The summed E-state index contributed by atoms with van der Waals surface area (Å²) in [7, 11) is 0. The van der Waals surface area contributed by atoms with Gasteiger partial charge >= 0.3 is 0 Å². The first-order valence-electron chi connectivity index (χ1n) is 6.34. The Morgan fingerprint density at radius 1 is 1.24 bits per heavy atom. The predicted molar refractivity (Wildman–Crippen MR) is 80.2 cm³/mol. The SMILES string of the molecule is O=C(Nc1c(F)cc(Br)cc1F)[C@@H]1Cc2ccccc2N1. The van der Waals surface area contributed by atoms with E-state index in [1.807, 2.05) is 24.3 Å².